The number of furan rings is 1. The third kappa shape index (κ3) is 2.74. The first-order valence-corrected chi connectivity index (χ1v) is 7.08. The molecule has 3 rings (SSSR count). The van der Waals surface area contributed by atoms with Gasteiger partial charge in [-0.2, -0.15) is 0 Å². The minimum absolute atomic E-state index is 0.223. The largest absolute Gasteiger partial charge is 0.493 e. The molecule has 0 radical (unpaired) electrons. The highest BCUT2D eigenvalue weighted by atomic mass is 16.5. The van der Waals surface area contributed by atoms with Crippen molar-refractivity contribution in [2.75, 3.05) is 13.7 Å². The predicted octanol–water partition coefficient (Wildman–Crippen LogP) is 2.33. The molecule has 1 aliphatic rings. The number of benzene rings is 1. The van der Waals surface area contributed by atoms with Crippen LogP contribution in [0.15, 0.2) is 28.7 Å². The number of amides is 1. The molecular weight excluding hydrogens is 270 g/mol. The van der Waals surface area contributed by atoms with Gasteiger partial charge in [0, 0.05) is 11.9 Å². The van der Waals surface area contributed by atoms with Crippen molar-refractivity contribution in [3.8, 4) is 5.75 Å². The summed E-state index contributed by atoms with van der Waals surface area (Å²) in [6, 6.07) is 7.17. The molecule has 1 fully saturated rings. The van der Waals surface area contributed by atoms with Gasteiger partial charge >= 0.3 is 0 Å². The van der Waals surface area contributed by atoms with Crippen molar-refractivity contribution >= 4 is 16.9 Å². The molecule has 1 aromatic heterocycles. The van der Waals surface area contributed by atoms with Crippen LogP contribution in [0.2, 0.25) is 0 Å². The summed E-state index contributed by atoms with van der Waals surface area (Å²) in [5, 5.41) is 13.8. The molecule has 0 bridgehead atoms. The average Bonchev–Trinajstić information content (AvgIpc) is 3.24. The zero-order valence-corrected chi connectivity index (χ0v) is 12.2. The van der Waals surface area contributed by atoms with Crippen LogP contribution in [-0.2, 0) is 0 Å². The Labute approximate surface area is 122 Å². The normalized spacial score (nSPS) is 17.5. The maximum absolute atomic E-state index is 12.1. The minimum atomic E-state index is -0.848. The van der Waals surface area contributed by atoms with Crippen LogP contribution in [-0.4, -0.2) is 30.3 Å². The first kappa shape index (κ1) is 13.9. The lowest BCUT2D eigenvalue weighted by Gasteiger charge is -2.22. The van der Waals surface area contributed by atoms with Gasteiger partial charge < -0.3 is 19.6 Å². The molecule has 21 heavy (non-hydrogen) atoms. The Morgan fingerprint density at radius 2 is 2.29 bits per heavy atom. The predicted molar refractivity (Wildman–Crippen MR) is 78.4 cm³/mol. The van der Waals surface area contributed by atoms with E-state index in [0.29, 0.717) is 11.3 Å². The third-order valence-electron chi connectivity index (χ3n) is 4.02. The van der Waals surface area contributed by atoms with Gasteiger partial charge in [-0.05, 0) is 37.8 Å². The Morgan fingerprint density at radius 1 is 1.52 bits per heavy atom. The van der Waals surface area contributed by atoms with Gasteiger partial charge in [-0.1, -0.05) is 12.1 Å². The fourth-order valence-electron chi connectivity index (χ4n) is 2.50. The van der Waals surface area contributed by atoms with E-state index in [1.165, 1.54) is 0 Å². The summed E-state index contributed by atoms with van der Waals surface area (Å²) in [7, 11) is 1.56. The number of hydrogen-bond donors (Lipinski definition) is 2. The van der Waals surface area contributed by atoms with E-state index in [-0.39, 0.29) is 24.1 Å². The van der Waals surface area contributed by atoms with Crippen molar-refractivity contribution in [2.24, 2.45) is 5.92 Å². The summed E-state index contributed by atoms with van der Waals surface area (Å²) in [5.74, 6) is 0.778. The molecule has 0 aliphatic heterocycles. The highest BCUT2D eigenvalue weighted by Crippen LogP contribution is 2.39. The van der Waals surface area contributed by atoms with Crippen molar-refractivity contribution in [3.05, 3.63) is 30.0 Å². The Kier molecular flexibility index (Phi) is 3.37. The van der Waals surface area contributed by atoms with Gasteiger partial charge in [-0.25, -0.2) is 0 Å². The number of methoxy groups -OCH3 is 1. The van der Waals surface area contributed by atoms with E-state index in [9.17, 15) is 9.90 Å². The molecule has 2 aromatic rings. The molecule has 1 amide bonds. The fourth-order valence-corrected chi connectivity index (χ4v) is 2.50. The summed E-state index contributed by atoms with van der Waals surface area (Å²) in [4.78, 5) is 12.1. The van der Waals surface area contributed by atoms with E-state index >= 15 is 0 Å². The van der Waals surface area contributed by atoms with Crippen molar-refractivity contribution in [1.82, 2.24) is 5.32 Å². The lowest BCUT2D eigenvalue weighted by atomic mass is 10.0. The van der Waals surface area contributed by atoms with Crippen LogP contribution in [0.4, 0.5) is 0 Å². The lowest BCUT2D eigenvalue weighted by Crippen LogP contribution is -2.42. The van der Waals surface area contributed by atoms with Crippen molar-refractivity contribution in [2.45, 2.75) is 25.4 Å². The monoisotopic (exact) mass is 289 g/mol. The second kappa shape index (κ2) is 5.07. The van der Waals surface area contributed by atoms with Crippen LogP contribution in [0.5, 0.6) is 5.75 Å². The quantitative estimate of drug-likeness (QED) is 0.886. The van der Waals surface area contributed by atoms with E-state index < -0.39 is 5.60 Å². The second-order valence-electron chi connectivity index (χ2n) is 5.80. The number of fused-ring (bicyclic) bond motifs is 1. The van der Waals surface area contributed by atoms with Gasteiger partial charge in [0.1, 0.15) is 0 Å². The van der Waals surface area contributed by atoms with Crippen LogP contribution < -0.4 is 10.1 Å². The molecule has 1 aliphatic carbocycles. The fraction of sp³-hybridized carbons (Fsp3) is 0.438. The van der Waals surface area contributed by atoms with Crippen molar-refractivity contribution in [3.63, 3.8) is 0 Å². The standard InChI is InChI=1S/C16H19NO4/c1-16(19,11-6-7-11)9-17-15(18)13-8-10-4-3-5-12(20-2)14(10)21-13/h3-5,8,11,19H,6-7,9H2,1-2H3,(H,17,18)/t16-/m1/s1. The molecular formula is C16H19NO4. The van der Waals surface area contributed by atoms with Crippen molar-refractivity contribution < 1.29 is 19.1 Å². The molecule has 0 unspecified atom stereocenters. The topological polar surface area (TPSA) is 71.7 Å². The number of ether oxygens (including phenoxy) is 1. The number of para-hydroxylation sites is 1. The van der Waals surface area contributed by atoms with E-state index in [4.69, 9.17) is 9.15 Å². The van der Waals surface area contributed by atoms with Crippen molar-refractivity contribution in [1.29, 1.82) is 0 Å². The van der Waals surface area contributed by atoms with Crippen LogP contribution in [0, 0.1) is 5.92 Å². The van der Waals surface area contributed by atoms with Gasteiger partial charge in [-0.3, -0.25) is 4.79 Å². The summed E-state index contributed by atoms with van der Waals surface area (Å²) < 4.78 is 10.8. The van der Waals surface area contributed by atoms with Crippen LogP contribution in [0.3, 0.4) is 0 Å². The van der Waals surface area contributed by atoms with E-state index in [1.807, 2.05) is 12.1 Å². The second-order valence-corrected chi connectivity index (χ2v) is 5.80. The van der Waals surface area contributed by atoms with E-state index in [0.717, 1.165) is 18.2 Å². The molecule has 5 nitrogen and oxygen atoms in total. The highest BCUT2D eigenvalue weighted by Gasteiger charge is 2.40. The Balaban J connectivity index is 1.75. The molecule has 0 spiro atoms. The summed E-state index contributed by atoms with van der Waals surface area (Å²) in [6.07, 6.45) is 2.04. The highest BCUT2D eigenvalue weighted by molar-refractivity contribution is 5.97. The SMILES string of the molecule is COc1cccc2cc(C(=O)NC[C@@](C)(O)C3CC3)oc12. The Morgan fingerprint density at radius 3 is 2.95 bits per heavy atom. The molecule has 1 aromatic carbocycles. The van der Waals surface area contributed by atoms with E-state index in [1.54, 1.807) is 26.2 Å². The molecule has 0 saturated heterocycles. The van der Waals surface area contributed by atoms with Crippen LogP contribution >= 0.6 is 0 Å². The number of hydrogen-bond acceptors (Lipinski definition) is 4. The summed E-state index contributed by atoms with van der Waals surface area (Å²) >= 11 is 0. The smallest absolute Gasteiger partial charge is 0.287 e. The lowest BCUT2D eigenvalue weighted by molar-refractivity contribution is 0.0350. The Hall–Kier alpha value is -2.01. The van der Waals surface area contributed by atoms with Gasteiger partial charge in [0.05, 0.1) is 12.7 Å². The first-order valence-electron chi connectivity index (χ1n) is 7.08. The molecule has 1 atom stereocenters. The maximum Gasteiger partial charge on any atom is 0.287 e. The number of rotatable bonds is 5. The third-order valence-corrected chi connectivity index (χ3v) is 4.02. The zero-order chi connectivity index (χ0) is 15.0. The summed E-state index contributed by atoms with van der Waals surface area (Å²) in [6.45, 7) is 1.98. The van der Waals surface area contributed by atoms with Crippen LogP contribution in [0.1, 0.15) is 30.3 Å². The van der Waals surface area contributed by atoms with Gasteiger partial charge in [-0.15, -0.1) is 0 Å². The van der Waals surface area contributed by atoms with Gasteiger partial charge in [0.25, 0.3) is 5.91 Å². The molecule has 2 N–H and O–H groups in total. The molecule has 5 heteroatoms. The molecule has 1 saturated carbocycles. The summed E-state index contributed by atoms with van der Waals surface area (Å²) in [5.41, 5.74) is -0.293. The molecule has 112 valence electrons. The molecule has 1 heterocycles. The number of carbonyl (C=O) groups excluding carboxylic acids is 1. The zero-order valence-electron chi connectivity index (χ0n) is 12.2. The number of carbonyl (C=O) groups is 1. The Bertz CT molecular complexity index is 670. The number of aliphatic hydroxyl groups is 1. The van der Waals surface area contributed by atoms with Crippen LogP contribution in [0.25, 0.3) is 11.0 Å². The first-order chi connectivity index (χ1) is 10.0. The number of nitrogens with one attached hydrogen (secondary N) is 1. The van der Waals surface area contributed by atoms with E-state index in [2.05, 4.69) is 5.32 Å². The average molecular weight is 289 g/mol. The van der Waals surface area contributed by atoms with Gasteiger partial charge in [0.2, 0.25) is 0 Å². The van der Waals surface area contributed by atoms with Gasteiger partial charge in [0.15, 0.2) is 17.1 Å². The maximum atomic E-state index is 12.1. The minimum Gasteiger partial charge on any atom is -0.493 e.